The van der Waals surface area contributed by atoms with Gasteiger partial charge in [-0.3, -0.25) is 9.36 Å². The first-order chi connectivity index (χ1) is 14.5. The monoisotopic (exact) mass is 432 g/mol. The Morgan fingerprint density at radius 3 is 2.06 bits per heavy atom. The summed E-state index contributed by atoms with van der Waals surface area (Å²) >= 11 is 0. The van der Waals surface area contributed by atoms with E-state index in [1.807, 2.05) is 6.92 Å². The summed E-state index contributed by atoms with van der Waals surface area (Å²) < 4.78 is 68.9. The molecule has 2 aromatic carbocycles. The second-order valence-corrected chi connectivity index (χ2v) is 7.13. The van der Waals surface area contributed by atoms with Gasteiger partial charge >= 0.3 is 12.1 Å². The molecule has 1 atom stereocenters. The minimum Gasteiger partial charge on any atom is -0.300 e. The van der Waals surface area contributed by atoms with Gasteiger partial charge in [0, 0.05) is 0 Å². The molecular formula is C23H17F5N2O. The fourth-order valence-electron chi connectivity index (χ4n) is 3.34. The average Bonchev–Trinajstić information content (AvgIpc) is 2.73. The maximum atomic E-state index is 14.3. The normalized spacial score (nSPS) is 13.0. The van der Waals surface area contributed by atoms with E-state index in [0.29, 0.717) is 11.6 Å². The van der Waals surface area contributed by atoms with Crippen molar-refractivity contribution in [2.75, 3.05) is 0 Å². The summed E-state index contributed by atoms with van der Waals surface area (Å²) in [7, 11) is 0. The zero-order chi connectivity index (χ0) is 23.0. The first-order valence-corrected chi connectivity index (χ1v) is 9.25. The fraction of sp³-hybridized carbons (Fsp3) is 0.217. The lowest BCUT2D eigenvalue weighted by Crippen LogP contribution is -2.38. The molecule has 8 heteroatoms. The molecule has 0 radical (unpaired) electrons. The molecule has 0 saturated heterocycles. The standard InChI is InChI=1S/C23H17F5N2O/c1-14-8-10-16(11-9-14)15(2)30-20(17-6-4-3-5-7-17)12-19(18(13-29)21(30)31)22(24,25)23(26,27)28/h3-12,15H,1-2H3. The van der Waals surface area contributed by atoms with Crippen LogP contribution in [0.3, 0.4) is 0 Å². The summed E-state index contributed by atoms with van der Waals surface area (Å²) in [5.41, 5.74) is -2.40. The average molecular weight is 432 g/mol. The summed E-state index contributed by atoms with van der Waals surface area (Å²) in [4.78, 5) is 13.1. The van der Waals surface area contributed by atoms with Crippen molar-refractivity contribution >= 4 is 0 Å². The van der Waals surface area contributed by atoms with E-state index in [2.05, 4.69) is 0 Å². The third-order valence-electron chi connectivity index (χ3n) is 5.07. The van der Waals surface area contributed by atoms with Crippen molar-refractivity contribution in [3.05, 3.63) is 93.3 Å². The van der Waals surface area contributed by atoms with E-state index in [1.54, 1.807) is 49.4 Å². The summed E-state index contributed by atoms with van der Waals surface area (Å²) in [6.07, 6.45) is -5.96. The Balaban J connectivity index is 2.39. The topological polar surface area (TPSA) is 45.8 Å². The number of nitrogens with zero attached hydrogens (tertiary/aromatic N) is 2. The van der Waals surface area contributed by atoms with Crippen LogP contribution in [0.1, 0.15) is 35.2 Å². The Hall–Kier alpha value is -3.47. The number of benzene rings is 2. The van der Waals surface area contributed by atoms with Crippen LogP contribution in [-0.2, 0) is 5.92 Å². The Morgan fingerprint density at radius 1 is 0.968 bits per heavy atom. The smallest absolute Gasteiger partial charge is 0.300 e. The van der Waals surface area contributed by atoms with E-state index in [1.165, 1.54) is 18.2 Å². The van der Waals surface area contributed by atoms with Crippen LogP contribution in [-0.4, -0.2) is 10.7 Å². The molecule has 160 valence electrons. The molecule has 1 aromatic heterocycles. The maximum absolute atomic E-state index is 14.3. The van der Waals surface area contributed by atoms with Crippen molar-refractivity contribution < 1.29 is 22.0 Å². The van der Waals surface area contributed by atoms with Gasteiger partial charge in [0.15, 0.2) is 0 Å². The fourth-order valence-corrected chi connectivity index (χ4v) is 3.34. The zero-order valence-electron chi connectivity index (χ0n) is 16.5. The van der Waals surface area contributed by atoms with Gasteiger partial charge in [0.25, 0.3) is 5.56 Å². The highest BCUT2D eigenvalue weighted by Gasteiger charge is 2.60. The van der Waals surface area contributed by atoms with Gasteiger partial charge in [0.05, 0.1) is 17.3 Å². The number of aromatic nitrogens is 1. The molecule has 3 rings (SSSR count). The minimum absolute atomic E-state index is 0.142. The Kier molecular flexibility index (Phi) is 5.72. The second kappa shape index (κ2) is 7.99. The van der Waals surface area contributed by atoms with Gasteiger partial charge in [-0.2, -0.15) is 27.2 Å². The molecule has 1 unspecified atom stereocenters. The predicted molar refractivity (Wildman–Crippen MR) is 106 cm³/mol. The van der Waals surface area contributed by atoms with E-state index in [0.717, 1.165) is 10.1 Å². The van der Waals surface area contributed by atoms with Gasteiger partial charge < -0.3 is 0 Å². The largest absolute Gasteiger partial charge is 0.458 e. The third kappa shape index (κ3) is 3.96. The minimum atomic E-state index is -5.96. The van der Waals surface area contributed by atoms with Crippen LogP contribution in [0.25, 0.3) is 11.3 Å². The number of pyridine rings is 1. The van der Waals surface area contributed by atoms with Crippen molar-refractivity contribution in [3.63, 3.8) is 0 Å². The molecular weight excluding hydrogens is 415 g/mol. The van der Waals surface area contributed by atoms with Crippen molar-refractivity contribution in [1.82, 2.24) is 4.57 Å². The van der Waals surface area contributed by atoms with E-state index >= 15 is 0 Å². The first-order valence-electron chi connectivity index (χ1n) is 9.25. The molecule has 0 aliphatic carbocycles. The van der Waals surface area contributed by atoms with Gasteiger partial charge in [0.1, 0.15) is 11.6 Å². The summed E-state index contributed by atoms with van der Waals surface area (Å²) in [5.74, 6) is -5.37. The number of alkyl halides is 5. The molecule has 0 spiro atoms. The van der Waals surface area contributed by atoms with Gasteiger partial charge in [-0.15, -0.1) is 0 Å². The Bertz CT molecular complexity index is 1190. The van der Waals surface area contributed by atoms with Crippen LogP contribution in [0, 0.1) is 18.3 Å². The molecule has 0 bridgehead atoms. The molecule has 0 saturated carbocycles. The lowest BCUT2D eigenvalue weighted by Gasteiger charge is -2.26. The predicted octanol–water partition coefficient (Wildman–Crippen LogP) is 5.96. The first kappa shape index (κ1) is 22.2. The highest BCUT2D eigenvalue weighted by Crippen LogP contribution is 2.45. The summed E-state index contributed by atoms with van der Waals surface area (Å²) in [6.45, 7) is 3.47. The number of aryl methyl sites for hydroxylation is 1. The summed E-state index contributed by atoms with van der Waals surface area (Å²) in [6, 6.07) is 15.9. The van der Waals surface area contributed by atoms with E-state index in [4.69, 9.17) is 0 Å². The van der Waals surface area contributed by atoms with Crippen LogP contribution in [0.5, 0.6) is 0 Å². The number of hydrogen-bond donors (Lipinski definition) is 0. The van der Waals surface area contributed by atoms with Gasteiger partial charge in [-0.1, -0.05) is 60.2 Å². The molecule has 0 N–H and O–H groups in total. The van der Waals surface area contributed by atoms with Crippen molar-refractivity contribution in [3.8, 4) is 17.3 Å². The maximum Gasteiger partial charge on any atom is 0.458 e. The quantitative estimate of drug-likeness (QED) is 0.478. The SMILES string of the molecule is Cc1ccc(C(C)n2c(-c3ccccc3)cc(C(F)(F)C(F)(F)F)c(C#N)c2=O)cc1. The van der Waals surface area contributed by atoms with Crippen molar-refractivity contribution in [2.45, 2.75) is 32.0 Å². The van der Waals surface area contributed by atoms with Gasteiger partial charge in [0.2, 0.25) is 0 Å². The molecule has 0 aliphatic heterocycles. The van der Waals surface area contributed by atoms with Gasteiger partial charge in [-0.05, 0) is 31.0 Å². The molecule has 1 heterocycles. The molecule has 0 fully saturated rings. The number of halogens is 5. The highest BCUT2D eigenvalue weighted by molar-refractivity contribution is 5.63. The second-order valence-electron chi connectivity index (χ2n) is 7.13. The van der Waals surface area contributed by atoms with E-state index in [-0.39, 0.29) is 11.3 Å². The van der Waals surface area contributed by atoms with E-state index in [9.17, 15) is 32.0 Å². The molecule has 0 amide bonds. The lowest BCUT2D eigenvalue weighted by atomic mass is 9.97. The third-order valence-corrected chi connectivity index (χ3v) is 5.07. The van der Waals surface area contributed by atoms with Gasteiger partial charge in [-0.25, -0.2) is 0 Å². The van der Waals surface area contributed by atoms with E-state index < -0.39 is 34.8 Å². The van der Waals surface area contributed by atoms with Crippen LogP contribution < -0.4 is 5.56 Å². The number of rotatable bonds is 4. The van der Waals surface area contributed by atoms with Crippen molar-refractivity contribution in [2.24, 2.45) is 0 Å². The molecule has 0 aliphatic rings. The summed E-state index contributed by atoms with van der Waals surface area (Å²) in [5, 5.41) is 9.34. The lowest BCUT2D eigenvalue weighted by molar-refractivity contribution is -0.289. The van der Waals surface area contributed by atoms with Crippen LogP contribution in [0.4, 0.5) is 22.0 Å². The zero-order valence-corrected chi connectivity index (χ0v) is 16.5. The number of hydrogen-bond acceptors (Lipinski definition) is 2. The molecule has 3 aromatic rings. The van der Waals surface area contributed by atoms with Crippen LogP contribution >= 0.6 is 0 Å². The Morgan fingerprint density at radius 2 is 1.55 bits per heavy atom. The highest BCUT2D eigenvalue weighted by atomic mass is 19.4. The molecule has 3 nitrogen and oxygen atoms in total. The van der Waals surface area contributed by atoms with Crippen LogP contribution in [0.2, 0.25) is 0 Å². The van der Waals surface area contributed by atoms with Crippen LogP contribution in [0.15, 0.2) is 65.5 Å². The number of nitriles is 1. The molecule has 31 heavy (non-hydrogen) atoms. The van der Waals surface area contributed by atoms with Crippen molar-refractivity contribution in [1.29, 1.82) is 5.26 Å². The Labute approximate surface area is 175 Å².